The Morgan fingerprint density at radius 1 is 1.25 bits per heavy atom. The van der Waals surface area contributed by atoms with Gasteiger partial charge in [-0.3, -0.25) is 0 Å². The van der Waals surface area contributed by atoms with Gasteiger partial charge in [0.2, 0.25) is 0 Å². The van der Waals surface area contributed by atoms with Crippen LogP contribution in [0.15, 0.2) is 12.1 Å². The first-order valence-electron chi connectivity index (χ1n) is 7.49. The summed E-state index contributed by atoms with van der Waals surface area (Å²) in [5.41, 5.74) is 7.21. The summed E-state index contributed by atoms with van der Waals surface area (Å²) in [6.07, 6.45) is 7.59. The molecule has 0 radical (unpaired) electrons. The fourth-order valence-corrected chi connectivity index (χ4v) is 3.48. The number of ether oxygens (including phenoxy) is 1. The maximum absolute atomic E-state index is 6.31. The first kappa shape index (κ1) is 15.9. The molecule has 1 fully saturated rings. The maximum Gasteiger partial charge on any atom is 0.139 e. The Morgan fingerprint density at radius 2 is 1.95 bits per heavy atom. The summed E-state index contributed by atoms with van der Waals surface area (Å²) in [6, 6.07) is 3.59. The Balaban J connectivity index is 2.01. The van der Waals surface area contributed by atoms with E-state index >= 15 is 0 Å². The van der Waals surface area contributed by atoms with Crippen LogP contribution in [0.3, 0.4) is 0 Å². The van der Waals surface area contributed by atoms with Crippen molar-refractivity contribution >= 4 is 23.2 Å². The molecule has 1 aromatic carbocycles. The first-order chi connectivity index (χ1) is 9.61. The van der Waals surface area contributed by atoms with Crippen LogP contribution in [0.5, 0.6) is 5.75 Å². The van der Waals surface area contributed by atoms with Crippen molar-refractivity contribution in [1.82, 2.24) is 0 Å². The van der Waals surface area contributed by atoms with Gasteiger partial charge in [0.05, 0.1) is 11.6 Å². The summed E-state index contributed by atoms with van der Waals surface area (Å²) < 4.78 is 5.44. The monoisotopic (exact) mass is 315 g/mol. The van der Waals surface area contributed by atoms with Gasteiger partial charge in [-0.2, -0.15) is 0 Å². The third-order valence-corrected chi connectivity index (χ3v) is 4.73. The molecule has 1 unspecified atom stereocenters. The second kappa shape index (κ2) is 7.53. The standard InChI is InChI=1S/C16H23Cl2NO/c1-2-20-16-10-13(17)12(9-14(16)18)15(19)8-7-11-5-3-4-6-11/h9-11,15H,2-8,19H2,1H3. The van der Waals surface area contributed by atoms with Crippen LogP contribution in [-0.4, -0.2) is 6.61 Å². The Morgan fingerprint density at radius 3 is 2.60 bits per heavy atom. The molecule has 2 N–H and O–H groups in total. The molecule has 2 rings (SSSR count). The lowest BCUT2D eigenvalue weighted by molar-refractivity contribution is 0.340. The molecular weight excluding hydrogens is 293 g/mol. The minimum absolute atomic E-state index is 0.0451. The predicted molar refractivity (Wildman–Crippen MR) is 85.8 cm³/mol. The van der Waals surface area contributed by atoms with Crippen molar-refractivity contribution in [3.8, 4) is 5.75 Å². The number of benzene rings is 1. The minimum atomic E-state index is -0.0451. The van der Waals surface area contributed by atoms with Crippen LogP contribution in [0.1, 0.15) is 57.1 Å². The van der Waals surface area contributed by atoms with Gasteiger partial charge in [0.15, 0.2) is 0 Å². The highest BCUT2D eigenvalue weighted by Gasteiger charge is 2.19. The quantitative estimate of drug-likeness (QED) is 0.766. The first-order valence-corrected chi connectivity index (χ1v) is 8.24. The molecule has 0 aliphatic heterocycles. The number of halogens is 2. The minimum Gasteiger partial charge on any atom is -0.492 e. The fourth-order valence-electron chi connectivity index (χ4n) is 2.96. The molecular formula is C16H23Cl2NO. The lowest BCUT2D eigenvalue weighted by Crippen LogP contribution is -2.12. The molecule has 0 bridgehead atoms. The smallest absolute Gasteiger partial charge is 0.139 e. The number of rotatable bonds is 6. The summed E-state index contributed by atoms with van der Waals surface area (Å²) >= 11 is 12.5. The molecule has 20 heavy (non-hydrogen) atoms. The predicted octanol–water partition coefficient (Wildman–Crippen LogP) is 5.36. The van der Waals surface area contributed by atoms with Crippen LogP contribution >= 0.6 is 23.2 Å². The van der Waals surface area contributed by atoms with E-state index in [2.05, 4.69) is 0 Å². The van der Waals surface area contributed by atoms with E-state index in [-0.39, 0.29) is 6.04 Å². The number of hydrogen-bond donors (Lipinski definition) is 1. The van der Waals surface area contributed by atoms with Crippen LogP contribution in [-0.2, 0) is 0 Å². The van der Waals surface area contributed by atoms with Gasteiger partial charge in [-0.1, -0.05) is 48.9 Å². The lowest BCUT2D eigenvalue weighted by Gasteiger charge is -2.18. The van der Waals surface area contributed by atoms with Crippen LogP contribution in [0.25, 0.3) is 0 Å². The van der Waals surface area contributed by atoms with E-state index in [4.69, 9.17) is 33.7 Å². The summed E-state index contributed by atoms with van der Waals surface area (Å²) in [5, 5.41) is 1.24. The molecule has 1 atom stereocenters. The molecule has 0 amide bonds. The molecule has 1 saturated carbocycles. The van der Waals surface area contributed by atoms with Crippen molar-refractivity contribution in [2.75, 3.05) is 6.61 Å². The lowest BCUT2D eigenvalue weighted by atomic mass is 9.95. The molecule has 4 heteroatoms. The van der Waals surface area contributed by atoms with Gasteiger partial charge in [0.1, 0.15) is 5.75 Å². The van der Waals surface area contributed by atoms with E-state index < -0.39 is 0 Å². The van der Waals surface area contributed by atoms with Crippen molar-refractivity contribution in [3.63, 3.8) is 0 Å². The van der Waals surface area contributed by atoms with Crippen LogP contribution < -0.4 is 10.5 Å². The number of hydrogen-bond acceptors (Lipinski definition) is 2. The van der Waals surface area contributed by atoms with E-state index in [0.717, 1.165) is 17.9 Å². The van der Waals surface area contributed by atoms with Crippen molar-refractivity contribution in [2.24, 2.45) is 11.7 Å². The topological polar surface area (TPSA) is 35.2 Å². The maximum atomic E-state index is 6.31. The Labute approximate surface area is 131 Å². The van der Waals surface area contributed by atoms with Gasteiger partial charge >= 0.3 is 0 Å². The van der Waals surface area contributed by atoms with E-state index in [1.165, 1.54) is 32.1 Å². The van der Waals surface area contributed by atoms with E-state index in [1.54, 1.807) is 6.07 Å². The fraction of sp³-hybridized carbons (Fsp3) is 0.625. The second-order valence-electron chi connectivity index (χ2n) is 5.57. The van der Waals surface area contributed by atoms with E-state index in [0.29, 0.717) is 22.4 Å². The van der Waals surface area contributed by atoms with Crippen LogP contribution in [0.2, 0.25) is 10.0 Å². The molecule has 0 saturated heterocycles. The van der Waals surface area contributed by atoms with E-state index in [1.807, 2.05) is 13.0 Å². The van der Waals surface area contributed by atoms with Crippen molar-refractivity contribution in [3.05, 3.63) is 27.7 Å². The highest BCUT2D eigenvalue weighted by atomic mass is 35.5. The average Bonchev–Trinajstić information content (AvgIpc) is 2.93. The zero-order valence-electron chi connectivity index (χ0n) is 12.0. The molecule has 112 valence electrons. The summed E-state index contributed by atoms with van der Waals surface area (Å²) in [6.45, 7) is 2.49. The Hall–Kier alpha value is -0.440. The Bertz CT molecular complexity index is 444. The highest BCUT2D eigenvalue weighted by molar-refractivity contribution is 6.34. The van der Waals surface area contributed by atoms with Gasteiger partial charge in [0.25, 0.3) is 0 Å². The van der Waals surface area contributed by atoms with Crippen molar-refractivity contribution in [1.29, 1.82) is 0 Å². The van der Waals surface area contributed by atoms with Gasteiger partial charge in [-0.05, 0) is 37.3 Å². The zero-order chi connectivity index (χ0) is 14.5. The second-order valence-corrected chi connectivity index (χ2v) is 6.39. The normalized spacial score (nSPS) is 17.4. The van der Waals surface area contributed by atoms with Gasteiger partial charge < -0.3 is 10.5 Å². The molecule has 1 aliphatic carbocycles. The third kappa shape index (κ3) is 4.03. The third-order valence-electron chi connectivity index (χ3n) is 4.11. The molecule has 0 spiro atoms. The summed E-state index contributed by atoms with van der Waals surface area (Å²) in [4.78, 5) is 0. The largest absolute Gasteiger partial charge is 0.492 e. The van der Waals surface area contributed by atoms with Gasteiger partial charge in [-0.25, -0.2) is 0 Å². The molecule has 2 nitrogen and oxygen atoms in total. The van der Waals surface area contributed by atoms with Crippen molar-refractivity contribution < 1.29 is 4.74 Å². The van der Waals surface area contributed by atoms with Gasteiger partial charge in [0, 0.05) is 17.1 Å². The highest BCUT2D eigenvalue weighted by Crippen LogP contribution is 2.36. The Kier molecular flexibility index (Phi) is 6.01. The number of nitrogens with two attached hydrogens (primary N) is 1. The molecule has 0 heterocycles. The molecule has 1 aliphatic rings. The summed E-state index contributed by atoms with van der Waals surface area (Å²) in [5.74, 6) is 1.48. The van der Waals surface area contributed by atoms with Gasteiger partial charge in [-0.15, -0.1) is 0 Å². The zero-order valence-corrected chi connectivity index (χ0v) is 13.5. The van der Waals surface area contributed by atoms with Crippen LogP contribution in [0, 0.1) is 5.92 Å². The summed E-state index contributed by atoms with van der Waals surface area (Å²) in [7, 11) is 0. The van der Waals surface area contributed by atoms with Crippen LogP contribution in [0.4, 0.5) is 0 Å². The molecule has 0 aromatic heterocycles. The SMILES string of the molecule is CCOc1cc(Cl)c(C(N)CCC2CCCC2)cc1Cl. The average molecular weight is 316 g/mol. The molecule has 1 aromatic rings. The van der Waals surface area contributed by atoms with E-state index in [9.17, 15) is 0 Å². The van der Waals surface area contributed by atoms with Crippen molar-refractivity contribution in [2.45, 2.75) is 51.5 Å².